The van der Waals surface area contributed by atoms with Crippen LogP contribution in [0.4, 0.5) is 23.3 Å². The second kappa shape index (κ2) is 7.81. The van der Waals surface area contributed by atoms with Crippen molar-refractivity contribution in [1.29, 1.82) is 0 Å². The molecule has 2 fully saturated rings. The number of nitrogens with one attached hydrogen (secondary N) is 1. The smallest absolute Gasteiger partial charge is 0.229 e. The summed E-state index contributed by atoms with van der Waals surface area (Å²) in [5.41, 5.74) is 1.00. The van der Waals surface area contributed by atoms with Crippen molar-refractivity contribution < 1.29 is 4.74 Å². The van der Waals surface area contributed by atoms with Crippen LogP contribution in [0.2, 0.25) is 0 Å². The number of hydrogen-bond donors (Lipinski definition) is 1. The van der Waals surface area contributed by atoms with E-state index >= 15 is 0 Å². The van der Waals surface area contributed by atoms with Crippen LogP contribution in [0.25, 0.3) is 0 Å². The van der Waals surface area contributed by atoms with Gasteiger partial charge in [0.1, 0.15) is 17.4 Å². The molecule has 6 nitrogen and oxygen atoms in total. The lowest BCUT2D eigenvalue weighted by Gasteiger charge is -2.29. The minimum Gasteiger partial charge on any atom is -0.497 e. The van der Waals surface area contributed by atoms with Gasteiger partial charge in [-0.3, -0.25) is 0 Å². The van der Waals surface area contributed by atoms with E-state index in [-0.39, 0.29) is 0 Å². The Morgan fingerprint density at radius 1 is 0.846 bits per heavy atom. The lowest BCUT2D eigenvalue weighted by atomic mass is 10.1. The van der Waals surface area contributed by atoms with Crippen molar-refractivity contribution in [2.24, 2.45) is 0 Å². The fraction of sp³-hybridized carbons (Fsp3) is 0.500. The number of hydrogen-bond acceptors (Lipinski definition) is 6. The zero-order valence-electron chi connectivity index (χ0n) is 15.4. The quantitative estimate of drug-likeness (QED) is 0.882. The van der Waals surface area contributed by atoms with Gasteiger partial charge in [-0.15, -0.1) is 0 Å². The summed E-state index contributed by atoms with van der Waals surface area (Å²) in [5.74, 6) is 3.59. The highest BCUT2D eigenvalue weighted by atomic mass is 16.5. The molecule has 26 heavy (non-hydrogen) atoms. The maximum Gasteiger partial charge on any atom is 0.229 e. The van der Waals surface area contributed by atoms with Gasteiger partial charge in [0.05, 0.1) is 7.11 Å². The molecule has 3 heterocycles. The molecule has 0 radical (unpaired) electrons. The number of aromatic nitrogens is 2. The molecule has 6 heteroatoms. The van der Waals surface area contributed by atoms with E-state index in [1.165, 1.54) is 32.1 Å². The minimum absolute atomic E-state index is 0.849. The predicted octanol–water partition coefficient (Wildman–Crippen LogP) is 3.82. The topological polar surface area (TPSA) is 53.5 Å². The summed E-state index contributed by atoms with van der Waals surface area (Å²) in [5, 5.41) is 3.44. The molecule has 0 amide bonds. The third kappa shape index (κ3) is 3.84. The van der Waals surface area contributed by atoms with E-state index in [0.717, 1.165) is 55.2 Å². The van der Waals surface area contributed by atoms with Gasteiger partial charge in [-0.1, -0.05) is 0 Å². The van der Waals surface area contributed by atoms with Gasteiger partial charge in [0, 0.05) is 37.9 Å². The van der Waals surface area contributed by atoms with Crippen LogP contribution in [0.15, 0.2) is 30.3 Å². The molecule has 0 aliphatic carbocycles. The number of nitrogens with zero attached hydrogens (tertiary/aromatic N) is 4. The largest absolute Gasteiger partial charge is 0.497 e. The zero-order chi connectivity index (χ0) is 17.8. The van der Waals surface area contributed by atoms with Gasteiger partial charge in [0.25, 0.3) is 0 Å². The minimum atomic E-state index is 0.849. The van der Waals surface area contributed by atoms with E-state index in [0.29, 0.717) is 0 Å². The highest BCUT2D eigenvalue weighted by Crippen LogP contribution is 2.27. The summed E-state index contributed by atoms with van der Waals surface area (Å²) in [6.45, 7) is 4.26. The molecule has 4 rings (SSSR count). The summed E-state index contributed by atoms with van der Waals surface area (Å²) in [6.07, 6.45) is 6.24. The average molecular weight is 353 g/mol. The highest BCUT2D eigenvalue weighted by Gasteiger charge is 2.19. The lowest BCUT2D eigenvalue weighted by molar-refractivity contribution is 0.415. The van der Waals surface area contributed by atoms with Crippen molar-refractivity contribution in [3.63, 3.8) is 0 Å². The van der Waals surface area contributed by atoms with E-state index in [2.05, 4.69) is 21.2 Å². The molecule has 2 aliphatic rings. The van der Waals surface area contributed by atoms with Crippen molar-refractivity contribution in [3.8, 4) is 5.75 Å². The lowest BCUT2D eigenvalue weighted by Crippen LogP contribution is -2.31. The van der Waals surface area contributed by atoms with E-state index in [1.807, 2.05) is 24.3 Å². The molecule has 1 aromatic heterocycles. The Morgan fingerprint density at radius 3 is 2.19 bits per heavy atom. The highest BCUT2D eigenvalue weighted by molar-refractivity contribution is 5.62. The van der Waals surface area contributed by atoms with Gasteiger partial charge >= 0.3 is 0 Å². The van der Waals surface area contributed by atoms with Gasteiger partial charge in [-0.25, -0.2) is 0 Å². The number of piperidine rings is 1. The van der Waals surface area contributed by atoms with Crippen LogP contribution in [0.1, 0.15) is 32.1 Å². The first-order valence-corrected chi connectivity index (χ1v) is 9.62. The van der Waals surface area contributed by atoms with Crippen LogP contribution in [-0.2, 0) is 0 Å². The van der Waals surface area contributed by atoms with Crippen molar-refractivity contribution in [3.05, 3.63) is 30.3 Å². The molecular weight excluding hydrogens is 326 g/mol. The Kier molecular flexibility index (Phi) is 5.09. The first-order valence-electron chi connectivity index (χ1n) is 9.62. The van der Waals surface area contributed by atoms with Crippen molar-refractivity contribution in [2.45, 2.75) is 32.1 Å². The Balaban J connectivity index is 1.61. The fourth-order valence-corrected chi connectivity index (χ4v) is 3.65. The molecule has 0 atom stereocenters. The number of anilines is 4. The Morgan fingerprint density at radius 2 is 1.50 bits per heavy atom. The number of rotatable bonds is 5. The van der Waals surface area contributed by atoms with Crippen LogP contribution < -0.4 is 19.9 Å². The first-order chi connectivity index (χ1) is 12.8. The summed E-state index contributed by atoms with van der Waals surface area (Å²) < 4.78 is 5.24. The van der Waals surface area contributed by atoms with E-state index in [9.17, 15) is 0 Å². The zero-order valence-corrected chi connectivity index (χ0v) is 15.4. The van der Waals surface area contributed by atoms with Gasteiger partial charge in [0.2, 0.25) is 5.95 Å². The third-order valence-electron chi connectivity index (χ3n) is 5.13. The van der Waals surface area contributed by atoms with E-state index in [1.54, 1.807) is 7.11 Å². The second-order valence-corrected chi connectivity index (χ2v) is 7.01. The molecule has 0 unspecified atom stereocenters. The summed E-state index contributed by atoms with van der Waals surface area (Å²) in [6, 6.07) is 10.0. The maximum absolute atomic E-state index is 5.24. The summed E-state index contributed by atoms with van der Waals surface area (Å²) in [7, 11) is 1.68. The Hall–Kier alpha value is -2.50. The van der Waals surface area contributed by atoms with Crippen LogP contribution >= 0.6 is 0 Å². The molecule has 0 saturated carbocycles. The van der Waals surface area contributed by atoms with Gasteiger partial charge < -0.3 is 19.9 Å². The predicted molar refractivity (Wildman–Crippen MR) is 106 cm³/mol. The molecule has 2 aliphatic heterocycles. The fourth-order valence-electron chi connectivity index (χ4n) is 3.65. The van der Waals surface area contributed by atoms with E-state index in [4.69, 9.17) is 14.7 Å². The summed E-state index contributed by atoms with van der Waals surface area (Å²) in [4.78, 5) is 14.4. The number of benzene rings is 1. The number of methoxy groups -OCH3 is 1. The standard InChI is InChI=1S/C20H27N5O/c1-26-17-9-7-16(8-10-17)21-18-15-19(24-11-3-2-4-12-24)23-20(22-18)25-13-5-6-14-25/h7-10,15H,2-6,11-14H2,1H3,(H,21,22,23). The molecule has 138 valence electrons. The molecule has 0 bridgehead atoms. The average Bonchev–Trinajstić information content (AvgIpc) is 3.24. The monoisotopic (exact) mass is 353 g/mol. The van der Waals surface area contributed by atoms with E-state index < -0.39 is 0 Å². The Labute approximate surface area is 155 Å². The normalized spacial score (nSPS) is 17.4. The van der Waals surface area contributed by atoms with Crippen molar-refractivity contribution in [1.82, 2.24) is 9.97 Å². The van der Waals surface area contributed by atoms with Crippen LogP contribution in [0.3, 0.4) is 0 Å². The third-order valence-corrected chi connectivity index (χ3v) is 5.13. The number of ether oxygens (including phenoxy) is 1. The van der Waals surface area contributed by atoms with Crippen LogP contribution in [0.5, 0.6) is 5.75 Å². The molecular formula is C20H27N5O. The van der Waals surface area contributed by atoms with Crippen molar-refractivity contribution >= 4 is 23.3 Å². The van der Waals surface area contributed by atoms with Gasteiger partial charge in [-0.2, -0.15) is 9.97 Å². The van der Waals surface area contributed by atoms with Crippen LogP contribution in [0, 0.1) is 0 Å². The second-order valence-electron chi connectivity index (χ2n) is 7.01. The molecule has 1 N–H and O–H groups in total. The molecule has 2 saturated heterocycles. The molecule has 2 aromatic rings. The Bertz CT molecular complexity index is 721. The summed E-state index contributed by atoms with van der Waals surface area (Å²) >= 11 is 0. The molecule has 1 aromatic carbocycles. The van der Waals surface area contributed by atoms with Crippen LogP contribution in [-0.4, -0.2) is 43.3 Å². The SMILES string of the molecule is COc1ccc(Nc2cc(N3CCCCC3)nc(N3CCCC3)n2)cc1. The molecule has 0 spiro atoms. The maximum atomic E-state index is 5.24. The van der Waals surface area contributed by atoms with Gasteiger partial charge in [0.15, 0.2) is 0 Å². The van der Waals surface area contributed by atoms with Gasteiger partial charge in [-0.05, 0) is 56.4 Å². The van der Waals surface area contributed by atoms with Crippen molar-refractivity contribution in [2.75, 3.05) is 48.4 Å². The first kappa shape index (κ1) is 16.9.